The van der Waals surface area contributed by atoms with Crippen molar-refractivity contribution in [1.82, 2.24) is 0 Å². The van der Waals surface area contributed by atoms with Gasteiger partial charge in [-0.3, -0.25) is 4.79 Å². The number of aromatic hydroxyl groups is 1. The number of carbonyl (C=O) groups is 1. The zero-order valence-electron chi connectivity index (χ0n) is 7.28. The van der Waals surface area contributed by atoms with Crippen molar-refractivity contribution < 1.29 is 9.90 Å². The second-order valence-corrected chi connectivity index (χ2v) is 2.60. The number of rotatable bonds is 2. The average Bonchev–Trinajstić information content (AvgIpc) is 2.05. The van der Waals surface area contributed by atoms with Gasteiger partial charge in [0.2, 0.25) is 0 Å². The van der Waals surface area contributed by atoms with E-state index in [0.29, 0.717) is 11.1 Å². The monoisotopic (exact) mass is 201 g/mol. The van der Waals surface area contributed by atoms with Crippen molar-refractivity contribution in [3.8, 4) is 5.75 Å². The molecule has 4 heteroatoms. The highest BCUT2D eigenvalue weighted by Crippen LogP contribution is 2.17. The van der Waals surface area contributed by atoms with Gasteiger partial charge in [-0.1, -0.05) is 0 Å². The molecule has 13 heavy (non-hydrogen) atoms. The summed E-state index contributed by atoms with van der Waals surface area (Å²) in [5, 5.41) is 9.23. The molecular formula is C9H12ClNO2. The third-order valence-electron chi connectivity index (χ3n) is 1.71. The summed E-state index contributed by atoms with van der Waals surface area (Å²) in [5.74, 6) is 0.118. The highest BCUT2D eigenvalue weighted by molar-refractivity contribution is 5.94. The Hall–Kier alpha value is -1.06. The minimum absolute atomic E-state index is 0. The van der Waals surface area contributed by atoms with E-state index in [-0.39, 0.29) is 30.5 Å². The molecule has 3 N–H and O–H groups in total. The standard InChI is InChI=1S/C9H11NO2.ClH/c1-6(11)7-2-3-9(12)8(4-7)5-10;/h2-4,12H,5,10H2,1H3;1H. The van der Waals surface area contributed by atoms with Crippen molar-refractivity contribution in [3.63, 3.8) is 0 Å². The molecule has 0 amide bonds. The van der Waals surface area contributed by atoms with Crippen molar-refractivity contribution in [2.24, 2.45) is 5.73 Å². The maximum absolute atomic E-state index is 10.9. The van der Waals surface area contributed by atoms with Crippen LogP contribution in [0.15, 0.2) is 18.2 Å². The molecule has 0 heterocycles. The Balaban J connectivity index is 0.00000144. The molecule has 0 aliphatic heterocycles. The highest BCUT2D eigenvalue weighted by atomic mass is 35.5. The highest BCUT2D eigenvalue weighted by Gasteiger charge is 2.03. The predicted molar refractivity (Wildman–Crippen MR) is 53.3 cm³/mol. The van der Waals surface area contributed by atoms with Crippen LogP contribution in [0.4, 0.5) is 0 Å². The van der Waals surface area contributed by atoms with Crippen molar-refractivity contribution in [2.45, 2.75) is 13.5 Å². The van der Waals surface area contributed by atoms with Crippen LogP contribution in [0.25, 0.3) is 0 Å². The lowest BCUT2D eigenvalue weighted by Gasteiger charge is -2.02. The number of carbonyl (C=O) groups excluding carboxylic acids is 1. The number of ketones is 1. The molecule has 0 fully saturated rings. The number of phenolic OH excluding ortho intramolecular Hbond substituents is 1. The molecule has 0 atom stereocenters. The van der Waals surface area contributed by atoms with Crippen LogP contribution in [0.1, 0.15) is 22.8 Å². The molecule has 0 aliphatic rings. The lowest BCUT2D eigenvalue weighted by atomic mass is 10.1. The molecule has 0 spiro atoms. The Morgan fingerprint density at radius 1 is 1.54 bits per heavy atom. The van der Waals surface area contributed by atoms with Crippen molar-refractivity contribution >= 4 is 18.2 Å². The number of nitrogens with two attached hydrogens (primary N) is 1. The summed E-state index contributed by atoms with van der Waals surface area (Å²) in [6.07, 6.45) is 0. The Bertz CT molecular complexity index is 312. The molecule has 3 nitrogen and oxygen atoms in total. The van der Waals surface area contributed by atoms with E-state index in [0.717, 1.165) is 0 Å². The van der Waals surface area contributed by atoms with Gasteiger partial charge in [0.15, 0.2) is 5.78 Å². The SMILES string of the molecule is CC(=O)c1ccc(O)c(CN)c1.Cl. The number of halogens is 1. The molecular weight excluding hydrogens is 190 g/mol. The normalized spacial score (nSPS) is 9.08. The average molecular weight is 202 g/mol. The molecule has 0 aliphatic carbocycles. The van der Waals surface area contributed by atoms with E-state index < -0.39 is 0 Å². The van der Waals surface area contributed by atoms with Gasteiger partial charge >= 0.3 is 0 Å². The van der Waals surface area contributed by atoms with Crippen LogP contribution in [-0.4, -0.2) is 10.9 Å². The first-order valence-electron chi connectivity index (χ1n) is 3.68. The van der Waals surface area contributed by atoms with Gasteiger partial charge in [0.05, 0.1) is 0 Å². The number of benzene rings is 1. The molecule has 0 bridgehead atoms. The first-order chi connectivity index (χ1) is 5.65. The summed E-state index contributed by atoms with van der Waals surface area (Å²) < 4.78 is 0. The third kappa shape index (κ3) is 2.72. The van der Waals surface area contributed by atoms with E-state index in [2.05, 4.69) is 0 Å². The molecule has 0 aromatic heterocycles. The van der Waals surface area contributed by atoms with Crippen molar-refractivity contribution in [2.75, 3.05) is 0 Å². The zero-order chi connectivity index (χ0) is 9.14. The molecule has 0 radical (unpaired) electrons. The first kappa shape index (κ1) is 11.9. The lowest BCUT2D eigenvalue weighted by molar-refractivity contribution is 0.101. The fourth-order valence-electron chi connectivity index (χ4n) is 0.968. The van der Waals surface area contributed by atoms with Crippen molar-refractivity contribution in [3.05, 3.63) is 29.3 Å². The van der Waals surface area contributed by atoms with E-state index >= 15 is 0 Å². The Morgan fingerprint density at radius 2 is 2.15 bits per heavy atom. The largest absolute Gasteiger partial charge is 0.508 e. The van der Waals surface area contributed by atoms with E-state index in [9.17, 15) is 9.90 Å². The summed E-state index contributed by atoms with van der Waals surface area (Å²) in [6.45, 7) is 1.72. The Morgan fingerprint density at radius 3 is 2.62 bits per heavy atom. The molecule has 0 saturated heterocycles. The maximum Gasteiger partial charge on any atom is 0.159 e. The van der Waals surface area contributed by atoms with Gasteiger partial charge < -0.3 is 10.8 Å². The van der Waals surface area contributed by atoms with Crippen LogP contribution < -0.4 is 5.73 Å². The molecule has 0 saturated carbocycles. The summed E-state index contributed by atoms with van der Waals surface area (Å²) in [7, 11) is 0. The number of hydrogen-bond acceptors (Lipinski definition) is 3. The lowest BCUT2D eigenvalue weighted by Crippen LogP contribution is -1.99. The van der Waals surface area contributed by atoms with Gasteiger partial charge in [-0.2, -0.15) is 0 Å². The van der Waals surface area contributed by atoms with Crippen LogP contribution in [0.3, 0.4) is 0 Å². The van der Waals surface area contributed by atoms with Gasteiger partial charge in [0.25, 0.3) is 0 Å². The molecule has 72 valence electrons. The maximum atomic E-state index is 10.9. The number of phenols is 1. The summed E-state index contributed by atoms with van der Waals surface area (Å²) in [6, 6.07) is 4.67. The zero-order valence-corrected chi connectivity index (χ0v) is 8.10. The van der Waals surface area contributed by atoms with E-state index in [1.807, 2.05) is 0 Å². The van der Waals surface area contributed by atoms with E-state index in [4.69, 9.17) is 5.73 Å². The second-order valence-electron chi connectivity index (χ2n) is 2.60. The molecule has 1 rings (SSSR count). The van der Waals surface area contributed by atoms with Crippen LogP contribution in [0.2, 0.25) is 0 Å². The molecule has 1 aromatic rings. The summed E-state index contributed by atoms with van der Waals surface area (Å²) >= 11 is 0. The van der Waals surface area contributed by atoms with Crippen molar-refractivity contribution in [1.29, 1.82) is 0 Å². The Kier molecular flexibility index (Phi) is 4.45. The number of hydrogen-bond donors (Lipinski definition) is 2. The predicted octanol–water partition coefficient (Wildman–Crippen LogP) is 1.48. The minimum Gasteiger partial charge on any atom is -0.508 e. The molecule has 1 aromatic carbocycles. The second kappa shape index (κ2) is 4.84. The summed E-state index contributed by atoms with van der Waals surface area (Å²) in [4.78, 5) is 10.9. The fourth-order valence-corrected chi connectivity index (χ4v) is 0.968. The smallest absolute Gasteiger partial charge is 0.159 e. The van der Waals surface area contributed by atoms with Gasteiger partial charge in [0.1, 0.15) is 5.75 Å². The van der Waals surface area contributed by atoms with Crippen LogP contribution in [-0.2, 0) is 6.54 Å². The summed E-state index contributed by atoms with van der Waals surface area (Å²) in [5.41, 5.74) is 6.53. The van der Waals surface area contributed by atoms with Gasteiger partial charge in [-0.15, -0.1) is 12.4 Å². The van der Waals surface area contributed by atoms with E-state index in [1.165, 1.54) is 13.0 Å². The van der Waals surface area contributed by atoms with E-state index in [1.54, 1.807) is 12.1 Å². The van der Waals surface area contributed by atoms with Crippen LogP contribution in [0.5, 0.6) is 5.75 Å². The van der Waals surface area contributed by atoms with Gasteiger partial charge in [-0.25, -0.2) is 0 Å². The Labute approximate surface area is 83.0 Å². The fraction of sp³-hybridized carbons (Fsp3) is 0.222. The quantitative estimate of drug-likeness (QED) is 0.713. The third-order valence-corrected chi connectivity index (χ3v) is 1.71. The van der Waals surface area contributed by atoms with Crippen LogP contribution >= 0.6 is 12.4 Å². The molecule has 0 unspecified atom stereocenters. The van der Waals surface area contributed by atoms with Crippen LogP contribution in [0, 0.1) is 0 Å². The first-order valence-corrected chi connectivity index (χ1v) is 3.68. The number of Topliss-reactive ketones (excluding diaryl/α,β-unsaturated/α-hetero) is 1. The van der Waals surface area contributed by atoms with Gasteiger partial charge in [-0.05, 0) is 25.1 Å². The topological polar surface area (TPSA) is 63.3 Å². The minimum atomic E-state index is -0.0234. The van der Waals surface area contributed by atoms with Gasteiger partial charge in [0, 0.05) is 17.7 Å².